The van der Waals surface area contributed by atoms with E-state index in [4.69, 9.17) is 0 Å². The van der Waals surface area contributed by atoms with Crippen LogP contribution in [0.2, 0.25) is 0 Å². The predicted octanol–water partition coefficient (Wildman–Crippen LogP) is 3.52. The Morgan fingerprint density at radius 3 is 2.39 bits per heavy atom. The Bertz CT molecular complexity index is 230. The summed E-state index contributed by atoms with van der Waals surface area (Å²) in [5.41, 5.74) is 0.264. The van der Waals surface area contributed by atoms with Gasteiger partial charge >= 0.3 is 0 Å². The first-order valence-corrected chi connectivity index (χ1v) is 7.78. The summed E-state index contributed by atoms with van der Waals surface area (Å²) in [4.78, 5) is 2.70. The van der Waals surface area contributed by atoms with E-state index >= 15 is 0 Å². The van der Waals surface area contributed by atoms with Crippen molar-refractivity contribution in [3.8, 4) is 0 Å². The minimum atomic E-state index is 0.264. The molecule has 1 N–H and O–H groups in total. The molecule has 2 atom stereocenters. The molecular formula is C16H34N2. The van der Waals surface area contributed by atoms with E-state index in [-0.39, 0.29) is 5.54 Å². The second kappa shape index (κ2) is 6.91. The van der Waals surface area contributed by atoms with Gasteiger partial charge < -0.3 is 10.2 Å². The van der Waals surface area contributed by atoms with Gasteiger partial charge in [0.05, 0.1) is 0 Å². The zero-order chi connectivity index (χ0) is 13.8. The lowest BCUT2D eigenvalue weighted by atomic mass is 9.95. The average molecular weight is 254 g/mol. The molecular weight excluding hydrogens is 220 g/mol. The van der Waals surface area contributed by atoms with Crippen LogP contribution in [0.1, 0.15) is 60.8 Å². The van der Waals surface area contributed by atoms with Crippen molar-refractivity contribution in [1.29, 1.82) is 0 Å². The molecule has 1 aliphatic rings. The molecule has 0 saturated carbocycles. The average Bonchev–Trinajstić information content (AvgIpc) is 2.72. The SMILES string of the molecule is CC(C)C1CCN(C(C)CCCNC(C)(C)C)C1. The van der Waals surface area contributed by atoms with Gasteiger partial charge in [0.15, 0.2) is 0 Å². The lowest BCUT2D eigenvalue weighted by Crippen LogP contribution is -2.37. The molecule has 0 amide bonds. The molecule has 2 unspecified atom stereocenters. The van der Waals surface area contributed by atoms with Crippen molar-refractivity contribution in [2.24, 2.45) is 11.8 Å². The second-order valence-electron chi connectivity index (χ2n) is 7.46. The van der Waals surface area contributed by atoms with E-state index in [0.29, 0.717) is 0 Å². The maximum absolute atomic E-state index is 3.58. The lowest BCUT2D eigenvalue weighted by Gasteiger charge is -2.26. The van der Waals surface area contributed by atoms with E-state index in [1.165, 1.54) is 32.4 Å². The molecule has 0 aromatic rings. The summed E-state index contributed by atoms with van der Waals surface area (Å²) in [6, 6.07) is 0.760. The minimum absolute atomic E-state index is 0.264. The molecule has 2 heteroatoms. The molecule has 0 aromatic carbocycles. The number of nitrogens with zero attached hydrogens (tertiary/aromatic N) is 1. The van der Waals surface area contributed by atoms with Crippen LogP contribution < -0.4 is 5.32 Å². The molecule has 18 heavy (non-hydrogen) atoms. The third kappa shape index (κ3) is 5.71. The fourth-order valence-electron chi connectivity index (χ4n) is 2.80. The number of rotatable bonds is 6. The summed E-state index contributed by atoms with van der Waals surface area (Å²) in [6.07, 6.45) is 4.03. The van der Waals surface area contributed by atoms with Crippen molar-refractivity contribution in [1.82, 2.24) is 10.2 Å². The van der Waals surface area contributed by atoms with Crippen LogP contribution in [0.15, 0.2) is 0 Å². The zero-order valence-electron chi connectivity index (χ0n) is 13.4. The van der Waals surface area contributed by atoms with E-state index in [0.717, 1.165) is 24.4 Å². The van der Waals surface area contributed by atoms with Crippen LogP contribution in [0, 0.1) is 11.8 Å². The van der Waals surface area contributed by atoms with Gasteiger partial charge in [-0.25, -0.2) is 0 Å². The van der Waals surface area contributed by atoms with E-state index in [1.807, 2.05) is 0 Å². The Kier molecular flexibility index (Phi) is 6.13. The Morgan fingerprint density at radius 2 is 1.89 bits per heavy atom. The molecule has 0 aromatic heterocycles. The van der Waals surface area contributed by atoms with Crippen LogP contribution in [0.3, 0.4) is 0 Å². The molecule has 1 heterocycles. The fraction of sp³-hybridized carbons (Fsp3) is 1.00. The third-order valence-corrected chi connectivity index (χ3v) is 4.28. The van der Waals surface area contributed by atoms with Crippen molar-refractivity contribution < 1.29 is 0 Å². The summed E-state index contributed by atoms with van der Waals surface area (Å²) in [7, 11) is 0. The smallest absolute Gasteiger partial charge is 0.00965 e. The van der Waals surface area contributed by atoms with Crippen molar-refractivity contribution in [2.75, 3.05) is 19.6 Å². The summed E-state index contributed by atoms with van der Waals surface area (Å²) in [5.74, 6) is 1.78. The van der Waals surface area contributed by atoms with Crippen LogP contribution in [0.25, 0.3) is 0 Å². The maximum Gasteiger partial charge on any atom is 0.00965 e. The Morgan fingerprint density at radius 1 is 1.22 bits per heavy atom. The van der Waals surface area contributed by atoms with Crippen molar-refractivity contribution in [3.05, 3.63) is 0 Å². The van der Waals surface area contributed by atoms with E-state index in [1.54, 1.807) is 0 Å². The van der Waals surface area contributed by atoms with Crippen LogP contribution >= 0.6 is 0 Å². The normalized spacial score (nSPS) is 23.8. The number of likely N-dealkylation sites (tertiary alicyclic amines) is 1. The molecule has 108 valence electrons. The van der Waals surface area contributed by atoms with Crippen molar-refractivity contribution in [3.63, 3.8) is 0 Å². The van der Waals surface area contributed by atoms with Crippen molar-refractivity contribution >= 4 is 0 Å². The van der Waals surface area contributed by atoms with Crippen LogP contribution in [0.5, 0.6) is 0 Å². The molecule has 2 nitrogen and oxygen atoms in total. The van der Waals surface area contributed by atoms with Gasteiger partial charge in [-0.05, 0) is 71.9 Å². The van der Waals surface area contributed by atoms with Gasteiger partial charge in [0, 0.05) is 18.1 Å². The van der Waals surface area contributed by atoms with Crippen LogP contribution in [-0.4, -0.2) is 36.1 Å². The molecule has 1 saturated heterocycles. The molecule has 0 spiro atoms. The van der Waals surface area contributed by atoms with E-state index in [9.17, 15) is 0 Å². The summed E-state index contributed by atoms with van der Waals surface area (Å²) in [6.45, 7) is 17.6. The molecule has 0 radical (unpaired) electrons. The quantitative estimate of drug-likeness (QED) is 0.730. The fourth-order valence-corrected chi connectivity index (χ4v) is 2.80. The molecule has 1 fully saturated rings. The molecule has 0 bridgehead atoms. The Hall–Kier alpha value is -0.0800. The highest BCUT2D eigenvalue weighted by molar-refractivity contribution is 4.81. The largest absolute Gasteiger partial charge is 0.312 e. The highest BCUT2D eigenvalue weighted by Gasteiger charge is 2.27. The summed E-state index contributed by atoms with van der Waals surface area (Å²) >= 11 is 0. The van der Waals surface area contributed by atoms with Crippen LogP contribution in [-0.2, 0) is 0 Å². The first-order chi connectivity index (χ1) is 8.29. The Balaban J connectivity index is 2.16. The second-order valence-corrected chi connectivity index (χ2v) is 7.46. The number of hydrogen-bond acceptors (Lipinski definition) is 2. The highest BCUT2D eigenvalue weighted by atomic mass is 15.2. The zero-order valence-corrected chi connectivity index (χ0v) is 13.4. The predicted molar refractivity (Wildman–Crippen MR) is 81.0 cm³/mol. The topological polar surface area (TPSA) is 15.3 Å². The molecule has 1 rings (SSSR count). The van der Waals surface area contributed by atoms with Crippen molar-refractivity contribution in [2.45, 2.75) is 72.4 Å². The standard InChI is InChI=1S/C16H34N2/c1-13(2)15-9-11-18(12-15)14(3)8-7-10-17-16(4,5)6/h13-15,17H,7-12H2,1-6H3. The van der Waals surface area contributed by atoms with Gasteiger partial charge in [0.1, 0.15) is 0 Å². The van der Waals surface area contributed by atoms with E-state index < -0.39 is 0 Å². The number of hydrogen-bond donors (Lipinski definition) is 1. The monoisotopic (exact) mass is 254 g/mol. The summed E-state index contributed by atoms with van der Waals surface area (Å²) in [5, 5.41) is 3.58. The lowest BCUT2D eigenvalue weighted by molar-refractivity contribution is 0.224. The van der Waals surface area contributed by atoms with Gasteiger partial charge in [-0.2, -0.15) is 0 Å². The van der Waals surface area contributed by atoms with Gasteiger partial charge in [0.25, 0.3) is 0 Å². The van der Waals surface area contributed by atoms with Gasteiger partial charge in [-0.3, -0.25) is 0 Å². The van der Waals surface area contributed by atoms with Crippen LogP contribution in [0.4, 0.5) is 0 Å². The number of nitrogens with one attached hydrogen (secondary N) is 1. The minimum Gasteiger partial charge on any atom is -0.312 e. The first kappa shape index (κ1) is 16.0. The summed E-state index contributed by atoms with van der Waals surface area (Å²) < 4.78 is 0. The van der Waals surface area contributed by atoms with Gasteiger partial charge in [0.2, 0.25) is 0 Å². The van der Waals surface area contributed by atoms with E-state index in [2.05, 4.69) is 51.8 Å². The Labute approximate surface area is 115 Å². The first-order valence-electron chi connectivity index (χ1n) is 7.78. The molecule has 1 aliphatic heterocycles. The van der Waals surface area contributed by atoms with Gasteiger partial charge in [-0.1, -0.05) is 13.8 Å². The van der Waals surface area contributed by atoms with Gasteiger partial charge in [-0.15, -0.1) is 0 Å². The highest BCUT2D eigenvalue weighted by Crippen LogP contribution is 2.26. The molecule has 0 aliphatic carbocycles. The third-order valence-electron chi connectivity index (χ3n) is 4.28. The maximum atomic E-state index is 3.58.